The lowest BCUT2D eigenvalue weighted by Crippen LogP contribution is -2.36. The Morgan fingerprint density at radius 3 is 2.43 bits per heavy atom. The maximum atomic E-state index is 12.4. The minimum atomic E-state index is -3.79. The van der Waals surface area contributed by atoms with Crippen LogP contribution in [0.5, 0.6) is 0 Å². The van der Waals surface area contributed by atoms with Crippen LogP contribution < -0.4 is 0 Å². The van der Waals surface area contributed by atoms with Crippen LogP contribution in [0.1, 0.15) is 24.8 Å². The van der Waals surface area contributed by atoms with E-state index in [1.54, 1.807) is 30.3 Å². The van der Waals surface area contributed by atoms with Gasteiger partial charge in [-0.2, -0.15) is 5.26 Å². The number of sulfone groups is 1. The molecule has 0 amide bonds. The maximum absolute atomic E-state index is 12.4. The monoisotopic (exact) mass is 307 g/mol. The van der Waals surface area contributed by atoms with Crippen molar-refractivity contribution in [3.05, 3.63) is 35.9 Å². The second kappa shape index (κ2) is 5.86. The predicted molar refractivity (Wildman–Crippen MR) is 77.3 cm³/mol. The molecule has 1 fully saturated rings. The van der Waals surface area contributed by atoms with E-state index in [0.29, 0.717) is 18.4 Å². The Hall–Kier alpha value is -1.87. The number of rotatable bonds is 7. The fourth-order valence-corrected chi connectivity index (χ4v) is 4.64. The standard InChI is InChI=1S/C15H17NO4S/c16-9-8-15(6-7-15)11-21(19,20)13(14(17)18)10-12-4-2-1-3-5-12/h1-5,13H,6-8,10-11H2,(H,17,18). The minimum absolute atomic E-state index is 0.0405. The highest BCUT2D eigenvalue weighted by atomic mass is 32.2. The van der Waals surface area contributed by atoms with Crippen molar-refractivity contribution >= 4 is 15.8 Å². The van der Waals surface area contributed by atoms with E-state index in [0.717, 1.165) is 0 Å². The highest BCUT2D eigenvalue weighted by molar-refractivity contribution is 7.92. The fourth-order valence-electron chi connectivity index (χ4n) is 2.44. The first kappa shape index (κ1) is 15.5. The summed E-state index contributed by atoms with van der Waals surface area (Å²) in [7, 11) is -3.79. The van der Waals surface area contributed by atoms with Crippen LogP contribution in [0.15, 0.2) is 30.3 Å². The average molecular weight is 307 g/mol. The molecular formula is C15H17NO4S. The van der Waals surface area contributed by atoms with E-state index in [1.165, 1.54) is 0 Å². The van der Waals surface area contributed by atoms with Gasteiger partial charge >= 0.3 is 5.97 Å². The van der Waals surface area contributed by atoms with Crippen LogP contribution in [0.2, 0.25) is 0 Å². The molecule has 0 aliphatic heterocycles. The van der Waals surface area contributed by atoms with Gasteiger partial charge in [0.05, 0.1) is 11.8 Å². The highest BCUT2D eigenvalue weighted by Gasteiger charge is 2.48. The van der Waals surface area contributed by atoms with E-state index < -0.39 is 26.5 Å². The van der Waals surface area contributed by atoms with Gasteiger partial charge in [0.2, 0.25) is 0 Å². The van der Waals surface area contributed by atoms with Gasteiger partial charge in [-0.15, -0.1) is 0 Å². The SMILES string of the molecule is N#CCC1(CS(=O)(=O)C(Cc2ccccc2)C(=O)O)CC1. The first-order chi connectivity index (χ1) is 9.88. The summed E-state index contributed by atoms with van der Waals surface area (Å²) in [5.41, 5.74) is 0.163. The van der Waals surface area contributed by atoms with Crippen LogP contribution in [0.4, 0.5) is 0 Å². The number of aliphatic carboxylic acids is 1. The van der Waals surface area contributed by atoms with E-state index in [4.69, 9.17) is 5.26 Å². The summed E-state index contributed by atoms with van der Waals surface area (Å²) in [6, 6.07) is 10.7. The Morgan fingerprint density at radius 2 is 1.95 bits per heavy atom. The summed E-state index contributed by atoms with van der Waals surface area (Å²) in [6.07, 6.45) is 1.49. The summed E-state index contributed by atoms with van der Waals surface area (Å²) in [5.74, 6) is -1.54. The maximum Gasteiger partial charge on any atom is 0.322 e. The first-order valence-electron chi connectivity index (χ1n) is 6.74. The van der Waals surface area contributed by atoms with Crippen molar-refractivity contribution in [3.8, 4) is 6.07 Å². The molecule has 0 heterocycles. The van der Waals surface area contributed by atoms with E-state index in [9.17, 15) is 18.3 Å². The zero-order chi connectivity index (χ0) is 15.5. The summed E-state index contributed by atoms with van der Waals surface area (Å²) in [4.78, 5) is 11.4. The van der Waals surface area contributed by atoms with Crippen molar-refractivity contribution in [2.45, 2.75) is 30.9 Å². The van der Waals surface area contributed by atoms with Gasteiger partial charge in [0.15, 0.2) is 15.1 Å². The van der Waals surface area contributed by atoms with Gasteiger partial charge in [0.1, 0.15) is 0 Å². The zero-order valence-electron chi connectivity index (χ0n) is 11.5. The molecule has 1 unspecified atom stereocenters. The van der Waals surface area contributed by atoms with Crippen molar-refractivity contribution < 1.29 is 18.3 Å². The number of hydrogen-bond acceptors (Lipinski definition) is 4. The van der Waals surface area contributed by atoms with Crippen molar-refractivity contribution in [3.63, 3.8) is 0 Å². The van der Waals surface area contributed by atoms with Crippen LogP contribution in [0, 0.1) is 16.7 Å². The molecular weight excluding hydrogens is 290 g/mol. The Labute approximate surface area is 124 Å². The highest BCUT2D eigenvalue weighted by Crippen LogP contribution is 2.50. The number of benzene rings is 1. The number of carbonyl (C=O) groups is 1. The summed E-state index contributed by atoms with van der Waals surface area (Å²) >= 11 is 0. The van der Waals surface area contributed by atoms with Gasteiger partial charge in [-0.05, 0) is 30.2 Å². The molecule has 0 bridgehead atoms. The average Bonchev–Trinajstić information content (AvgIpc) is 3.15. The third-order valence-corrected chi connectivity index (χ3v) is 6.14. The van der Waals surface area contributed by atoms with Crippen LogP contribution in [0.25, 0.3) is 0 Å². The van der Waals surface area contributed by atoms with Crippen LogP contribution >= 0.6 is 0 Å². The van der Waals surface area contributed by atoms with Gasteiger partial charge in [-0.3, -0.25) is 4.79 Å². The van der Waals surface area contributed by atoms with Gasteiger partial charge in [-0.1, -0.05) is 30.3 Å². The van der Waals surface area contributed by atoms with Gasteiger partial charge in [0.25, 0.3) is 0 Å². The third kappa shape index (κ3) is 3.82. The largest absolute Gasteiger partial charge is 0.480 e. The molecule has 1 N–H and O–H groups in total. The molecule has 5 nitrogen and oxygen atoms in total. The molecule has 1 aliphatic rings. The van der Waals surface area contributed by atoms with Crippen LogP contribution in [-0.2, 0) is 21.1 Å². The number of carboxylic acids is 1. The lowest BCUT2D eigenvalue weighted by molar-refractivity contribution is -0.136. The van der Waals surface area contributed by atoms with Crippen molar-refractivity contribution in [2.24, 2.45) is 5.41 Å². The lowest BCUT2D eigenvalue weighted by Gasteiger charge is -2.17. The number of hydrogen-bond donors (Lipinski definition) is 1. The molecule has 2 rings (SSSR count). The molecule has 1 aromatic rings. The quantitative estimate of drug-likeness (QED) is 0.828. The molecule has 0 radical (unpaired) electrons. The Balaban J connectivity index is 2.18. The molecule has 0 aromatic heterocycles. The van der Waals surface area contributed by atoms with Crippen molar-refractivity contribution in [1.29, 1.82) is 5.26 Å². The number of nitriles is 1. The Morgan fingerprint density at radius 1 is 1.33 bits per heavy atom. The molecule has 0 saturated heterocycles. The number of carboxylic acid groups (broad SMARTS) is 1. The van der Waals surface area contributed by atoms with Gasteiger partial charge in [-0.25, -0.2) is 8.42 Å². The second-order valence-electron chi connectivity index (χ2n) is 5.66. The zero-order valence-corrected chi connectivity index (χ0v) is 12.3. The topological polar surface area (TPSA) is 95.2 Å². The molecule has 6 heteroatoms. The smallest absolute Gasteiger partial charge is 0.322 e. The second-order valence-corrected chi connectivity index (χ2v) is 7.84. The number of nitrogens with zero attached hydrogens (tertiary/aromatic N) is 1. The molecule has 21 heavy (non-hydrogen) atoms. The van der Waals surface area contributed by atoms with Gasteiger partial charge in [0, 0.05) is 6.42 Å². The summed E-state index contributed by atoms with van der Waals surface area (Å²) in [5, 5.41) is 16.6. The normalized spacial score (nSPS) is 17.7. The van der Waals surface area contributed by atoms with E-state index in [2.05, 4.69) is 0 Å². The summed E-state index contributed by atoms with van der Waals surface area (Å²) < 4.78 is 24.8. The van der Waals surface area contributed by atoms with Gasteiger partial charge < -0.3 is 5.11 Å². The Kier molecular flexibility index (Phi) is 4.33. The predicted octanol–water partition coefficient (Wildman–Crippen LogP) is 1.79. The molecule has 0 spiro atoms. The molecule has 1 saturated carbocycles. The third-order valence-electron chi connectivity index (χ3n) is 3.89. The van der Waals surface area contributed by atoms with Crippen LogP contribution in [-0.4, -0.2) is 30.5 Å². The Bertz CT molecular complexity index is 657. The minimum Gasteiger partial charge on any atom is -0.480 e. The first-order valence-corrected chi connectivity index (χ1v) is 8.45. The van der Waals surface area contributed by atoms with Crippen molar-refractivity contribution in [2.75, 3.05) is 5.75 Å². The summed E-state index contributed by atoms with van der Waals surface area (Å²) in [6.45, 7) is 0. The fraction of sp³-hybridized carbons (Fsp3) is 0.467. The lowest BCUT2D eigenvalue weighted by atomic mass is 10.1. The van der Waals surface area contributed by atoms with E-state index >= 15 is 0 Å². The molecule has 112 valence electrons. The molecule has 1 aromatic carbocycles. The molecule has 1 aliphatic carbocycles. The molecule has 1 atom stereocenters. The van der Waals surface area contributed by atoms with E-state index in [-0.39, 0.29) is 18.6 Å². The van der Waals surface area contributed by atoms with Crippen LogP contribution in [0.3, 0.4) is 0 Å². The van der Waals surface area contributed by atoms with E-state index in [1.807, 2.05) is 6.07 Å². The van der Waals surface area contributed by atoms with Crippen molar-refractivity contribution in [1.82, 2.24) is 0 Å².